The number of hydrogen-bond donors (Lipinski definition) is 2. The second kappa shape index (κ2) is 9.21. The molecule has 4 nitrogen and oxygen atoms in total. The lowest BCUT2D eigenvalue weighted by Gasteiger charge is -2.11. The Kier molecular flexibility index (Phi) is 7.27. The standard InChI is InChI=1S/C16H18Cl2N2O2S/c17-12-9-13(18)16(15-11(12)5-4-7-20-15)22-8-3-1-2-6-19-14(21)10-23/h4-5,7,9,23H,1-3,6,8,10H2,(H,19,21). The summed E-state index contributed by atoms with van der Waals surface area (Å²) < 4.78 is 5.80. The van der Waals surface area contributed by atoms with E-state index < -0.39 is 0 Å². The fourth-order valence-electron chi connectivity index (χ4n) is 2.15. The zero-order valence-electron chi connectivity index (χ0n) is 12.5. The van der Waals surface area contributed by atoms with Gasteiger partial charge in [0.2, 0.25) is 5.91 Å². The molecule has 23 heavy (non-hydrogen) atoms. The van der Waals surface area contributed by atoms with E-state index in [9.17, 15) is 4.79 Å². The lowest BCUT2D eigenvalue weighted by Crippen LogP contribution is -2.25. The topological polar surface area (TPSA) is 51.2 Å². The van der Waals surface area contributed by atoms with Crippen molar-refractivity contribution in [1.29, 1.82) is 0 Å². The smallest absolute Gasteiger partial charge is 0.229 e. The van der Waals surface area contributed by atoms with Gasteiger partial charge in [0.25, 0.3) is 0 Å². The highest BCUT2D eigenvalue weighted by atomic mass is 35.5. The molecule has 0 aliphatic rings. The summed E-state index contributed by atoms with van der Waals surface area (Å²) >= 11 is 16.3. The Morgan fingerprint density at radius 1 is 1.26 bits per heavy atom. The molecule has 0 saturated heterocycles. The summed E-state index contributed by atoms with van der Waals surface area (Å²) in [6.45, 7) is 1.19. The number of rotatable bonds is 8. The van der Waals surface area contributed by atoms with Gasteiger partial charge in [0, 0.05) is 18.1 Å². The lowest BCUT2D eigenvalue weighted by molar-refractivity contribution is -0.118. The predicted molar refractivity (Wildman–Crippen MR) is 98.0 cm³/mol. The Hall–Kier alpha value is -1.17. The van der Waals surface area contributed by atoms with Gasteiger partial charge in [-0.15, -0.1) is 0 Å². The summed E-state index contributed by atoms with van der Waals surface area (Å²) in [4.78, 5) is 15.3. The van der Waals surface area contributed by atoms with E-state index in [0.29, 0.717) is 34.5 Å². The van der Waals surface area contributed by atoms with E-state index >= 15 is 0 Å². The molecule has 0 aliphatic heterocycles. The maximum Gasteiger partial charge on any atom is 0.229 e. The second-order valence-corrected chi connectivity index (χ2v) is 6.12. The number of nitrogens with zero attached hydrogens (tertiary/aromatic N) is 1. The summed E-state index contributed by atoms with van der Waals surface area (Å²) in [5.41, 5.74) is 0.672. The molecule has 0 bridgehead atoms. The maximum atomic E-state index is 11.0. The number of carbonyl (C=O) groups excluding carboxylic acids is 1. The van der Waals surface area contributed by atoms with Gasteiger partial charge < -0.3 is 10.1 Å². The molecule has 1 amide bonds. The molecule has 124 valence electrons. The molecule has 0 aliphatic carbocycles. The highest BCUT2D eigenvalue weighted by Gasteiger charge is 2.12. The van der Waals surface area contributed by atoms with E-state index in [0.717, 1.165) is 24.6 Å². The van der Waals surface area contributed by atoms with Crippen molar-refractivity contribution in [1.82, 2.24) is 10.3 Å². The predicted octanol–water partition coefficient (Wildman–Crippen LogP) is 4.14. The van der Waals surface area contributed by atoms with Crippen LogP contribution in [-0.4, -0.2) is 29.8 Å². The molecule has 0 radical (unpaired) electrons. The van der Waals surface area contributed by atoms with E-state index in [4.69, 9.17) is 27.9 Å². The van der Waals surface area contributed by atoms with Crippen molar-refractivity contribution in [2.24, 2.45) is 0 Å². The number of benzene rings is 1. The van der Waals surface area contributed by atoms with Gasteiger partial charge in [-0.05, 0) is 37.5 Å². The first-order chi connectivity index (χ1) is 11.1. The molecular formula is C16H18Cl2N2O2S. The van der Waals surface area contributed by atoms with E-state index in [-0.39, 0.29) is 11.7 Å². The Morgan fingerprint density at radius 2 is 2.09 bits per heavy atom. The van der Waals surface area contributed by atoms with Crippen LogP contribution in [0.1, 0.15) is 19.3 Å². The van der Waals surface area contributed by atoms with Gasteiger partial charge in [0.15, 0.2) is 5.75 Å². The van der Waals surface area contributed by atoms with Gasteiger partial charge in [-0.1, -0.05) is 23.2 Å². The number of pyridine rings is 1. The molecule has 2 aromatic rings. The number of nitrogens with one attached hydrogen (secondary N) is 1. The number of halogens is 2. The Balaban J connectivity index is 1.85. The van der Waals surface area contributed by atoms with E-state index in [1.165, 1.54) is 0 Å². The second-order valence-electron chi connectivity index (χ2n) is 4.99. The van der Waals surface area contributed by atoms with Crippen LogP contribution in [0, 0.1) is 0 Å². The summed E-state index contributed by atoms with van der Waals surface area (Å²) in [5.74, 6) is 0.739. The van der Waals surface area contributed by atoms with Crippen molar-refractivity contribution in [2.75, 3.05) is 18.9 Å². The van der Waals surface area contributed by atoms with Crippen LogP contribution in [0.25, 0.3) is 10.9 Å². The summed E-state index contributed by atoms with van der Waals surface area (Å²) in [5, 5.41) is 4.62. The quantitative estimate of drug-likeness (QED) is 0.540. The summed E-state index contributed by atoms with van der Waals surface area (Å²) in [6, 6.07) is 5.39. The molecule has 0 fully saturated rings. The van der Waals surface area contributed by atoms with Crippen LogP contribution >= 0.6 is 35.8 Å². The lowest BCUT2D eigenvalue weighted by atomic mass is 10.2. The van der Waals surface area contributed by atoms with Crippen molar-refractivity contribution in [3.8, 4) is 5.75 Å². The number of aromatic nitrogens is 1. The van der Waals surface area contributed by atoms with Crippen molar-refractivity contribution in [3.05, 3.63) is 34.4 Å². The number of thiol groups is 1. The molecule has 0 atom stereocenters. The minimum absolute atomic E-state index is 0.0462. The maximum absolute atomic E-state index is 11.0. The average molecular weight is 373 g/mol. The third-order valence-electron chi connectivity index (χ3n) is 3.28. The number of carbonyl (C=O) groups is 1. The van der Waals surface area contributed by atoms with Crippen molar-refractivity contribution in [3.63, 3.8) is 0 Å². The Bertz CT molecular complexity index is 682. The van der Waals surface area contributed by atoms with Gasteiger partial charge in [-0.3, -0.25) is 9.78 Å². The van der Waals surface area contributed by atoms with Gasteiger partial charge >= 0.3 is 0 Å². The first kappa shape index (κ1) is 18.2. The van der Waals surface area contributed by atoms with Crippen LogP contribution in [0.2, 0.25) is 10.0 Å². The number of amides is 1. The van der Waals surface area contributed by atoms with Crippen molar-refractivity contribution in [2.45, 2.75) is 19.3 Å². The molecule has 1 aromatic carbocycles. The van der Waals surface area contributed by atoms with E-state index in [1.807, 2.05) is 12.1 Å². The third-order valence-corrected chi connectivity index (χ3v) is 4.16. The number of hydrogen-bond acceptors (Lipinski definition) is 4. The number of ether oxygens (including phenoxy) is 1. The third kappa shape index (κ3) is 5.16. The van der Waals surface area contributed by atoms with E-state index in [2.05, 4.69) is 22.9 Å². The van der Waals surface area contributed by atoms with Gasteiger partial charge in [-0.25, -0.2) is 0 Å². The molecule has 0 saturated carbocycles. The molecule has 0 unspecified atom stereocenters. The van der Waals surface area contributed by atoms with Crippen LogP contribution in [-0.2, 0) is 4.79 Å². The van der Waals surface area contributed by atoms with Crippen LogP contribution in [0.4, 0.5) is 0 Å². The van der Waals surface area contributed by atoms with Crippen molar-refractivity contribution >= 4 is 52.6 Å². The van der Waals surface area contributed by atoms with Crippen LogP contribution in [0.5, 0.6) is 5.75 Å². The Labute approximate surface area is 150 Å². The minimum Gasteiger partial charge on any atom is -0.490 e. The van der Waals surface area contributed by atoms with Crippen LogP contribution < -0.4 is 10.1 Å². The largest absolute Gasteiger partial charge is 0.490 e. The zero-order chi connectivity index (χ0) is 16.7. The molecule has 1 aromatic heterocycles. The summed E-state index contributed by atoms with van der Waals surface area (Å²) in [6.07, 6.45) is 4.40. The highest BCUT2D eigenvalue weighted by Crippen LogP contribution is 2.36. The Morgan fingerprint density at radius 3 is 2.87 bits per heavy atom. The van der Waals surface area contributed by atoms with Gasteiger partial charge in [-0.2, -0.15) is 12.6 Å². The van der Waals surface area contributed by atoms with Gasteiger partial charge in [0.05, 0.1) is 22.4 Å². The fourth-order valence-corrected chi connectivity index (χ4v) is 2.83. The van der Waals surface area contributed by atoms with Crippen molar-refractivity contribution < 1.29 is 9.53 Å². The van der Waals surface area contributed by atoms with Crippen LogP contribution in [0.3, 0.4) is 0 Å². The molecular weight excluding hydrogens is 355 g/mol. The van der Waals surface area contributed by atoms with Crippen LogP contribution in [0.15, 0.2) is 24.4 Å². The zero-order valence-corrected chi connectivity index (χ0v) is 14.9. The van der Waals surface area contributed by atoms with E-state index in [1.54, 1.807) is 12.3 Å². The first-order valence-corrected chi connectivity index (χ1v) is 8.75. The average Bonchev–Trinajstić information content (AvgIpc) is 2.56. The molecule has 0 spiro atoms. The highest BCUT2D eigenvalue weighted by molar-refractivity contribution is 7.81. The normalized spacial score (nSPS) is 10.7. The monoisotopic (exact) mass is 372 g/mol. The van der Waals surface area contributed by atoms with Gasteiger partial charge in [0.1, 0.15) is 5.52 Å². The first-order valence-electron chi connectivity index (χ1n) is 7.36. The molecule has 2 rings (SSSR count). The summed E-state index contributed by atoms with van der Waals surface area (Å²) in [7, 11) is 0. The number of unbranched alkanes of at least 4 members (excludes halogenated alkanes) is 2. The fraction of sp³-hybridized carbons (Fsp3) is 0.375. The molecule has 1 N–H and O–H groups in total. The molecule has 7 heteroatoms. The minimum atomic E-state index is -0.0462. The molecule has 1 heterocycles. The number of fused-ring (bicyclic) bond motifs is 1. The SMILES string of the molecule is O=C(CS)NCCCCCOc1c(Cl)cc(Cl)c2cccnc12.